The maximum absolute atomic E-state index is 10.8. The lowest BCUT2D eigenvalue weighted by molar-refractivity contribution is -0.123. The second kappa shape index (κ2) is 4.42. The van der Waals surface area contributed by atoms with Gasteiger partial charge in [0.15, 0.2) is 0 Å². The minimum atomic E-state index is -0.151. The quantitative estimate of drug-likeness (QED) is 0.580. The maximum atomic E-state index is 10.8. The van der Waals surface area contributed by atoms with Crippen molar-refractivity contribution in [1.29, 1.82) is 0 Å². The summed E-state index contributed by atoms with van der Waals surface area (Å²) in [6.07, 6.45) is 1.80. The lowest BCUT2D eigenvalue weighted by Crippen LogP contribution is -2.40. The first kappa shape index (κ1) is 9.48. The van der Waals surface area contributed by atoms with Gasteiger partial charge in [0.2, 0.25) is 5.91 Å². The fourth-order valence-electron chi connectivity index (χ4n) is 1.62. The van der Waals surface area contributed by atoms with Crippen molar-refractivity contribution in [3.05, 3.63) is 0 Å². The van der Waals surface area contributed by atoms with Crippen LogP contribution < -0.4 is 11.5 Å². The van der Waals surface area contributed by atoms with Crippen LogP contribution in [0.2, 0.25) is 0 Å². The van der Waals surface area contributed by atoms with Gasteiger partial charge in [-0.3, -0.25) is 4.79 Å². The molecule has 1 heterocycles. The van der Waals surface area contributed by atoms with E-state index in [4.69, 9.17) is 11.5 Å². The SMILES string of the molecule is NCCN1CCC(C(N)=O)CC1. The summed E-state index contributed by atoms with van der Waals surface area (Å²) in [5.41, 5.74) is 10.6. The number of primary amides is 1. The number of amides is 1. The van der Waals surface area contributed by atoms with E-state index >= 15 is 0 Å². The third-order valence-electron chi connectivity index (χ3n) is 2.44. The molecule has 0 saturated carbocycles. The molecule has 0 unspecified atom stereocenters. The van der Waals surface area contributed by atoms with Gasteiger partial charge in [0.05, 0.1) is 0 Å². The maximum Gasteiger partial charge on any atom is 0.220 e. The lowest BCUT2D eigenvalue weighted by Gasteiger charge is -2.29. The molecule has 4 heteroatoms. The fourth-order valence-corrected chi connectivity index (χ4v) is 1.62. The van der Waals surface area contributed by atoms with Crippen LogP contribution in [-0.4, -0.2) is 37.0 Å². The molecule has 0 radical (unpaired) electrons. The molecule has 1 aliphatic heterocycles. The highest BCUT2D eigenvalue weighted by Gasteiger charge is 2.22. The van der Waals surface area contributed by atoms with Crippen molar-refractivity contribution in [1.82, 2.24) is 4.90 Å². The molecule has 70 valence electrons. The Morgan fingerprint density at radius 1 is 1.42 bits per heavy atom. The molecule has 0 atom stereocenters. The summed E-state index contributed by atoms with van der Waals surface area (Å²) in [6.45, 7) is 3.56. The smallest absolute Gasteiger partial charge is 0.220 e. The van der Waals surface area contributed by atoms with Gasteiger partial charge in [-0.1, -0.05) is 0 Å². The van der Waals surface area contributed by atoms with Crippen LogP contribution in [0, 0.1) is 5.92 Å². The van der Waals surface area contributed by atoms with Crippen LogP contribution in [0.4, 0.5) is 0 Å². The van der Waals surface area contributed by atoms with Gasteiger partial charge in [-0.05, 0) is 25.9 Å². The third kappa shape index (κ3) is 2.46. The zero-order valence-corrected chi connectivity index (χ0v) is 7.33. The van der Waals surface area contributed by atoms with Crippen molar-refractivity contribution in [3.8, 4) is 0 Å². The number of hydrogen-bond acceptors (Lipinski definition) is 3. The Hall–Kier alpha value is -0.610. The van der Waals surface area contributed by atoms with Crippen molar-refractivity contribution in [2.75, 3.05) is 26.2 Å². The molecule has 0 bridgehead atoms. The highest BCUT2D eigenvalue weighted by molar-refractivity contribution is 5.76. The second-order valence-electron chi connectivity index (χ2n) is 3.31. The predicted octanol–water partition coefficient (Wildman–Crippen LogP) is -0.858. The number of carbonyl (C=O) groups is 1. The number of hydrogen-bond donors (Lipinski definition) is 2. The Balaban J connectivity index is 2.25. The van der Waals surface area contributed by atoms with E-state index in [1.807, 2.05) is 0 Å². The first-order chi connectivity index (χ1) is 5.74. The molecule has 1 amide bonds. The second-order valence-corrected chi connectivity index (χ2v) is 3.31. The summed E-state index contributed by atoms with van der Waals surface area (Å²) < 4.78 is 0. The molecule has 0 aliphatic carbocycles. The van der Waals surface area contributed by atoms with E-state index in [-0.39, 0.29) is 11.8 Å². The molecular weight excluding hydrogens is 154 g/mol. The highest BCUT2D eigenvalue weighted by atomic mass is 16.1. The summed E-state index contributed by atoms with van der Waals surface area (Å²) in [5.74, 6) is -0.0542. The van der Waals surface area contributed by atoms with Crippen LogP contribution in [0.25, 0.3) is 0 Å². The standard InChI is InChI=1S/C8H17N3O/c9-3-6-11-4-1-7(2-5-11)8(10)12/h7H,1-6,9H2,(H2,10,12). The minimum absolute atomic E-state index is 0.0963. The van der Waals surface area contributed by atoms with E-state index in [9.17, 15) is 4.79 Å². The summed E-state index contributed by atoms with van der Waals surface area (Å²) >= 11 is 0. The van der Waals surface area contributed by atoms with E-state index in [2.05, 4.69) is 4.90 Å². The van der Waals surface area contributed by atoms with Gasteiger partial charge in [-0.25, -0.2) is 0 Å². The van der Waals surface area contributed by atoms with Crippen molar-refractivity contribution in [3.63, 3.8) is 0 Å². The number of nitrogens with zero attached hydrogens (tertiary/aromatic N) is 1. The molecule has 1 aliphatic rings. The van der Waals surface area contributed by atoms with Crippen LogP contribution >= 0.6 is 0 Å². The summed E-state index contributed by atoms with van der Waals surface area (Å²) in [5, 5.41) is 0. The van der Waals surface area contributed by atoms with E-state index in [1.54, 1.807) is 0 Å². The van der Waals surface area contributed by atoms with Crippen LogP contribution in [-0.2, 0) is 4.79 Å². The first-order valence-electron chi connectivity index (χ1n) is 4.45. The van der Waals surface area contributed by atoms with Gasteiger partial charge in [-0.15, -0.1) is 0 Å². The van der Waals surface area contributed by atoms with Gasteiger partial charge in [0.25, 0.3) is 0 Å². The van der Waals surface area contributed by atoms with Crippen LogP contribution in [0.1, 0.15) is 12.8 Å². The van der Waals surface area contributed by atoms with E-state index in [1.165, 1.54) is 0 Å². The molecule has 4 N–H and O–H groups in total. The Morgan fingerprint density at radius 3 is 2.42 bits per heavy atom. The van der Waals surface area contributed by atoms with Crippen LogP contribution in [0.3, 0.4) is 0 Å². The molecule has 1 saturated heterocycles. The Labute approximate surface area is 72.9 Å². The Morgan fingerprint density at radius 2 is 2.00 bits per heavy atom. The summed E-state index contributed by atoms with van der Waals surface area (Å²) in [6, 6.07) is 0. The lowest BCUT2D eigenvalue weighted by atomic mass is 9.96. The van der Waals surface area contributed by atoms with Crippen molar-refractivity contribution in [2.45, 2.75) is 12.8 Å². The Kier molecular flexibility index (Phi) is 3.49. The predicted molar refractivity (Wildman–Crippen MR) is 47.4 cm³/mol. The topological polar surface area (TPSA) is 72.3 Å². The van der Waals surface area contributed by atoms with Gasteiger partial charge < -0.3 is 16.4 Å². The summed E-state index contributed by atoms with van der Waals surface area (Å²) in [7, 11) is 0. The van der Waals surface area contributed by atoms with Crippen molar-refractivity contribution in [2.24, 2.45) is 17.4 Å². The van der Waals surface area contributed by atoms with Crippen molar-refractivity contribution >= 4 is 5.91 Å². The van der Waals surface area contributed by atoms with E-state index in [0.29, 0.717) is 6.54 Å². The van der Waals surface area contributed by atoms with Gasteiger partial charge in [0.1, 0.15) is 0 Å². The number of carbonyl (C=O) groups excluding carboxylic acids is 1. The van der Waals surface area contributed by atoms with Crippen LogP contribution in [0.5, 0.6) is 0 Å². The average Bonchev–Trinajstić information content (AvgIpc) is 2.06. The molecule has 0 aromatic rings. The molecule has 1 fully saturated rings. The monoisotopic (exact) mass is 171 g/mol. The van der Waals surface area contributed by atoms with Crippen LogP contribution in [0.15, 0.2) is 0 Å². The molecular formula is C8H17N3O. The minimum Gasteiger partial charge on any atom is -0.369 e. The number of nitrogens with two attached hydrogens (primary N) is 2. The number of likely N-dealkylation sites (tertiary alicyclic amines) is 1. The molecule has 0 aromatic carbocycles. The van der Waals surface area contributed by atoms with Crippen molar-refractivity contribution < 1.29 is 4.79 Å². The molecule has 0 spiro atoms. The zero-order valence-electron chi connectivity index (χ0n) is 7.33. The van der Waals surface area contributed by atoms with Gasteiger partial charge in [-0.2, -0.15) is 0 Å². The van der Waals surface area contributed by atoms with E-state index in [0.717, 1.165) is 32.5 Å². The van der Waals surface area contributed by atoms with Gasteiger partial charge >= 0.3 is 0 Å². The number of piperidine rings is 1. The van der Waals surface area contributed by atoms with Gasteiger partial charge in [0, 0.05) is 19.0 Å². The molecule has 4 nitrogen and oxygen atoms in total. The largest absolute Gasteiger partial charge is 0.369 e. The first-order valence-corrected chi connectivity index (χ1v) is 4.45. The fraction of sp³-hybridized carbons (Fsp3) is 0.875. The Bertz CT molecular complexity index is 152. The third-order valence-corrected chi connectivity index (χ3v) is 2.44. The molecule has 1 rings (SSSR count). The average molecular weight is 171 g/mol. The van der Waals surface area contributed by atoms with E-state index < -0.39 is 0 Å². The highest BCUT2D eigenvalue weighted by Crippen LogP contribution is 2.15. The molecule has 12 heavy (non-hydrogen) atoms. The normalized spacial score (nSPS) is 21.1. The zero-order chi connectivity index (χ0) is 8.97. The number of rotatable bonds is 3. The summed E-state index contributed by atoms with van der Waals surface area (Å²) in [4.78, 5) is 13.1. The molecule has 0 aromatic heterocycles.